The van der Waals surface area contributed by atoms with Crippen molar-refractivity contribution in [2.45, 2.75) is 5.72 Å². The zero-order chi connectivity index (χ0) is 19.8. The number of hydrogen-bond acceptors (Lipinski definition) is 6. The summed E-state index contributed by atoms with van der Waals surface area (Å²) in [5, 5.41) is 22.1. The van der Waals surface area contributed by atoms with E-state index >= 15 is 0 Å². The lowest BCUT2D eigenvalue weighted by atomic mass is 9.97. The number of ketones is 1. The Morgan fingerprint density at radius 3 is 2.22 bits per heavy atom. The van der Waals surface area contributed by atoms with Crippen LogP contribution in [0.3, 0.4) is 0 Å². The quantitative estimate of drug-likeness (QED) is 0.361. The first-order chi connectivity index (χ1) is 12.8. The Morgan fingerprint density at radius 2 is 1.67 bits per heavy atom. The maximum Gasteiger partial charge on any atom is 0.365 e. The summed E-state index contributed by atoms with van der Waals surface area (Å²) < 4.78 is 4.62. The van der Waals surface area contributed by atoms with Crippen molar-refractivity contribution in [1.29, 1.82) is 0 Å². The molecule has 3 rings (SSSR count). The number of nitrogens with zero attached hydrogens (tertiary/aromatic N) is 1. The Hall–Kier alpha value is -3.16. The molecule has 7 nitrogen and oxygen atoms in total. The summed E-state index contributed by atoms with van der Waals surface area (Å²) in [6.45, 7) is 0. The summed E-state index contributed by atoms with van der Waals surface area (Å²) >= 11 is 5.81. The zero-order valence-electron chi connectivity index (χ0n) is 14.0. The van der Waals surface area contributed by atoms with Crippen LogP contribution in [0.1, 0.15) is 5.56 Å². The SMILES string of the molecule is COC(=O)[C@]1(O)/C(=C(\O)c2ccc(Cl)cc2)C(=O)C(=O)N1c1ccccc1. The number of carbonyl (C=O) groups excluding carboxylic acids is 3. The van der Waals surface area contributed by atoms with E-state index in [9.17, 15) is 24.6 Å². The zero-order valence-corrected chi connectivity index (χ0v) is 14.8. The van der Waals surface area contributed by atoms with Crippen molar-refractivity contribution in [3.63, 3.8) is 0 Å². The molecule has 138 valence electrons. The van der Waals surface area contributed by atoms with Crippen molar-refractivity contribution in [2.24, 2.45) is 0 Å². The minimum Gasteiger partial charge on any atom is -0.507 e. The van der Waals surface area contributed by atoms with Crippen LogP contribution in [-0.2, 0) is 19.1 Å². The van der Waals surface area contributed by atoms with Crippen LogP contribution in [0.4, 0.5) is 5.69 Å². The maximum atomic E-state index is 12.6. The molecule has 2 N–H and O–H groups in total. The summed E-state index contributed by atoms with van der Waals surface area (Å²) in [7, 11) is 0.994. The molecule has 0 radical (unpaired) electrons. The number of anilines is 1. The highest BCUT2D eigenvalue weighted by atomic mass is 35.5. The molecule has 27 heavy (non-hydrogen) atoms. The van der Waals surface area contributed by atoms with Crippen molar-refractivity contribution in [3.05, 3.63) is 70.8 Å². The molecular weight excluding hydrogens is 374 g/mol. The molecule has 2 aromatic rings. The minimum absolute atomic E-state index is 0.0858. The third kappa shape index (κ3) is 2.87. The number of Topliss-reactive ketones (excluding diaryl/α,β-unsaturated/α-hetero) is 1. The third-order valence-corrected chi connectivity index (χ3v) is 4.39. The first-order valence-corrected chi connectivity index (χ1v) is 8.14. The van der Waals surface area contributed by atoms with Crippen molar-refractivity contribution in [2.75, 3.05) is 12.0 Å². The first-order valence-electron chi connectivity index (χ1n) is 7.76. The number of aliphatic hydroxyl groups excluding tert-OH is 1. The number of halogens is 1. The van der Waals surface area contributed by atoms with Gasteiger partial charge in [-0.2, -0.15) is 0 Å². The second-order valence-corrected chi connectivity index (χ2v) is 6.14. The number of hydrogen-bond donors (Lipinski definition) is 2. The Kier molecular flexibility index (Phi) is 4.73. The summed E-state index contributed by atoms with van der Waals surface area (Å²) in [5.74, 6) is -4.42. The number of para-hydroxylation sites is 1. The lowest BCUT2D eigenvalue weighted by molar-refractivity contribution is -0.158. The van der Waals surface area contributed by atoms with Gasteiger partial charge in [0.25, 0.3) is 11.5 Å². The second kappa shape index (κ2) is 6.86. The van der Waals surface area contributed by atoms with E-state index in [0.717, 1.165) is 7.11 Å². The molecule has 2 aromatic carbocycles. The van der Waals surface area contributed by atoms with E-state index in [0.29, 0.717) is 9.92 Å². The normalized spacial score (nSPS) is 21.4. The average molecular weight is 388 g/mol. The van der Waals surface area contributed by atoms with E-state index < -0.39 is 34.7 Å². The predicted molar refractivity (Wildman–Crippen MR) is 96.9 cm³/mol. The molecule has 1 amide bonds. The van der Waals surface area contributed by atoms with Gasteiger partial charge in [0.05, 0.1) is 7.11 Å². The molecule has 0 aromatic heterocycles. The van der Waals surface area contributed by atoms with Crippen LogP contribution in [0.25, 0.3) is 5.76 Å². The van der Waals surface area contributed by atoms with Crippen LogP contribution < -0.4 is 4.90 Å². The van der Waals surface area contributed by atoms with Gasteiger partial charge in [0.2, 0.25) is 0 Å². The summed E-state index contributed by atoms with van der Waals surface area (Å²) in [6, 6.07) is 13.3. The highest BCUT2D eigenvalue weighted by Crippen LogP contribution is 2.39. The summed E-state index contributed by atoms with van der Waals surface area (Å²) in [4.78, 5) is 38.2. The van der Waals surface area contributed by atoms with Gasteiger partial charge in [-0.1, -0.05) is 29.8 Å². The molecule has 1 aliphatic heterocycles. The fourth-order valence-electron chi connectivity index (χ4n) is 2.87. The largest absolute Gasteiger partial charge is 0.507 e. The van der Waals surface area contributed by atoms with Crippen LogP contribution in [0.2, 0.25) is 5.02 Å². The molecule has 0 unspecified atom stereocenters. The maximum absolute atomic E-state index is 12.6. The van der Waals surface area contributed by atoms with Crippen molar-refractivity contribution in [3.8, 4) is 0 Å². The smallest absolute Gasteiger partial charge is 0.365 e. The van der Waals surface area contributed by atoms with Gasteiger partial charge in [-0.05, 0) is 36.4 Å². The summed E-state index contributed by atoms with van der Waals surface area (Å²) in [5.41, 5.74) is -3.44. The topological polar surface area (TPSA) is 104 Å². The van der Waals surface area contributed by atoms with Gasteiger partial charge < -0.3 is 14.9 Å². The molecule has 1 atom stereocenters. The molecule has 1 heterocycles. The monoisotopic (exact) mass is 387 g/mol. The average Bonchev–Trinajstić information content (AvgIpc) is 2.88. The number of carbonyl (C=O) groups is 3. The molecule has 1 aliphatic rings. The first kappa shape index (κ1) is 18.6. The number of aliphatic hydroxyl groups is 2. The number of benzene rings is 2. The van der Waals surface area contributed by atoms with Crippen molar-refractivity contribution in [1.82, 2.24) is 0 Å². The van der Waals surface area contributed by atoms with Crippen LogP contribution >= 0.6 is 11.6 Å². The van der Waals surface area contributed by atoms with Gasteiger partial charge in [0.1, 0.15) is 11.3 Å². The van der Waals surface area contributed by atoms with Gasteiger partial charge in [0, 0.05) is 16.3 Å². The van der Waals surface area contributed by atoms with E-state index in [4.69, 9.17) is 11.6 Å². The Bertz CT molecular complexity index is 954. The highest BCUT2D eigenvalue weighted by Gasteiger charge is 2.62. The molecule has 8 heteroatoms. The summed E-state index contributed by atoms with van der Waals surface area (Å²) in [6.07, 6.45) is 0. The van der Waals surface area contributed by atoms with Crippen LogP contribution in [-0.4, -0.2) is 40.7 Å². The number of ether oxygens (including phenoxy) is 1. The van der Waals surface area contributed by atoms with Gasteiger partial charge in [-0.15, -0.1) is 0 Å². The van der Waals surface area contributed by atoms with Gasteiger partial charge in [-0.3, -0.25) is 14.5 Å². The molecule has 1 saturated heterocycles. The Balaban J connectivity index is 2.28. The van der Waals surface area contributed by atoms with Gasteiger partial charge in [-0.25, -0.2) is 4.79 Å². The molecule has 0 spiro atoms. The van der Waals surface area contributed by atoms with E-state index in [2.05, 4.69) is 4.74 Å². The number of esters is 1. The van der Waals surface area contributed by atoms with Gasteiger partial charge in [0.15, 0.2) is 0 Å². The molecule has 0 saturated carbocycles. The second-order valence-electron chi connectivity index (χ2n) is 5.70. The molecule has 0 aliphatic carbocycles. The van der Waals surface area contributed by atoms with Crippen LogP contribution in [0.15, 0.2) is 60.2 Å². The van der Waals surface area contributed by atoms with Crippen LogP contribution in [0.5, 0.6) is 0 Å². The Labute approximate surface area is 159 Å². The highest BCUT2D eigenvalue weighted by molar-refractivity contribution is 6.54. The molecule has 1 fully saturated rings. The van der Waals surface area contributed by atoms with E-state index in [1.807, 2.05) is 0 Å². The fraction of sp³-hybridized carbons (Fsp3) is 0.105. The van der Waals surface area contributed by atoms with Crippen molar-refractivity contribution < 1.29 is 29.3 Å². The minimum atomic E-state index is -2.83. The molecular formula is C19H14ClNO6. The predicted octanol–water partition coefficient (Wildman–Crippen LogP) is 2.09. The lowest BCUT2D eigenvalue weighted by Gasteiger charge is -2.30. The van der Waals surface area contributed by atoms with E-state index in [1.165, 1.54) is 36.4 Å². The Morgan fingerprint density at radius 1 is 1.07 bits per heavy atom. The standard InChI is InChI=1S/C19H14ClNO6/c1-27-18(25)19(26)14(15(22)11-7-9-12(20)10-8-11)16(23)17(24)21(19)13-5-3-2-4-6-13/h2-10,22,26H,1H3/b15-14-/t19-/m1/s1. The van der Waals surface area contributed by atoms with E-state index in [1.54, 1.807) is 18.2 Å². The number of amides is 1. The van der Waals surface area contributed by atoms with Crippen molar-refractivity contribution >= 4 is 40.7 Å². The number of methoxy groups -OCH3 is 1. The lowest BCUT2D eigenvalue weighted by Crippen LogP contribution is -2.54. The third-order valence-electron chi connectivity index (χ3n) is 4.14. The fourth-order valence-corrected chi connectivity index (χ4v) is 2.99. The number of rotatable bonds is 3. The van der Waals surface area contributed by atoms with E-state index in [-0.39, 0.29) is 11.3 Å². The van der Waals surface area contributed by atoms with Crippen LogP contribution in [0, 0.1) is 0 Å². The molecule has 0 bridgehead atoms. The van der Waals surface area contributed by atoms with Gasteiger partial charge >= 0.3 is 11.9 Å².